The van der Waals surface area contributed by atoms with Crippen LogP contribution in [0.25, 0.3) is 0 Å². The maximum Gasteiger partial charge on any atom is 1.00 e. The van der Waals surface area contributed by atoms with Gasteiger partial charge < -0.3 is 6.53 Å². The summed E-state index contributed by atoms with van der Waals surface area (Å²) in [4.78, 5) is 10.1. The molecule has 0 heterocycles. The van der Waals surface area contributed by atoms with Gasteiger partial charge in [-0.1, -0.05) is 6.58 Å². The Hall–Kier alpha value is 0.120. The Kier molecular flexibility index (Phi) is 7.86. The topological polar surface area (TPSA) is 91.7 Å². The van der Waals surface area contributed by atoms with Crippen molar-refractivity contribution in [2.75, 3.05) is 5.75 Å². The minimum absolute atomic E-state index is 0. The minimum atomic E-state index is -3.98. The standard InChI is InChI=1S/C6H10O5S.Na.H/c1-5(6(7)8)3-2-4-12(9,10)11;;/h1-4H2,(H,7,8)(H,9,10,11);;/q;+1;-1. The Morgan fingerprint density at radius 3 is 2.23 bits per heavy atom. The van der Waals surface area contributed by atoms with E-state index in [1.165, 1.54) is 0 Å². The summed E-state index contributed by atoms with van der Waals surface area (Å²) in [6.45, 7) is 3.20. The molecule has 0 atom stereocenters. The van der Waals surface area contributed by atoms with E-state index in [0.29, 0.717) is 0 Å². The molecule has 0 amide bonds. The second-order valence-corrected chi connectivity index (χ2v) is 3.87. The van der Waals surface area contributed by atoms with Gasteiger partial charge in [0.25, 0.3) is 10.1 Å². The van der Waals surface area contributed by atoms with Crippen LogP contribution >= 0.6 is 0 Å². The molecule has 0 bridgehead atoms. The summed E-state index contributed by atoms with van der Waals surface area (Å²) in [5.41, 5.74) is -0.0568. The number of hydrogen-bond donors (Lipinski definition) is 2. The molecule has 0 fully saturated rings. The van der Waals surface area contributed by atoms with Gasteiger partial charge in [-0.05, 0) is 12.8 Å². The molecule has 0 radical (unpaired) electrons. The third-order valence-corrected chi connectivity index (χ3v) is 1.99. The minimum Gasteiger partial charge on any atom is -1.00 e. The van der Waals surface area contributed by atoms with Crippen molar-refractivity contribution in [1.29, 1.82) is 0 Å². The van der Waals surface area contributed by atoms with Crippen LogP contribution in [0.15, 0.2) is 12.2 Å². The second kappa shape index (κ2) is 6.56. The fourth-order valence-electron chi connectivity index (χ4n) is 0.575. The first-order valence-electron chi connectivity index (χ1n) is 3.19. The first kappa shape index (κ1) is 15.6. The van der Waals surface area contributed by atoms with Crippen molar-refractivity contribution < 1.29 is 53.9 Å². The molecule has 0 aromatic carbocycles. The molecule has 0 saturated heterocycles. The number of carboxylic acid groups (broad SMARTS) is 1. The fraction of sp³-hybridized carbons (Fsp3) is 0.500. The van der Waals surface area contributed by atoms with Gasteiger partial charge in [0, 0.05) is 5.57 Å². The summed E-state index contributed by atoms with van der Waals surface area (Å²) < 4.78 is 28.6. The van der Waals surface area contributed by atoms with E-state index in [9.17, 15) is 13.2 Å². The molecule has 0 aliphatic heterocycles. The van der Waals surface area contributed by atoms with Gasteiger partial charge >= 0.3 is 35.5 Å². The third-order valence-electron chi connectivity index (χ3n) is 1.18. The molecule has 5 nitrogen and oxygen atoms in total. The zero-order chi connectivity index (χ0) is 9.78. The number of carbonyl (C=O) groups is 1. The summed E-state index contributed by atoms with van der Waals surface area (Å²) in [6, 6.07) is 0. The van der Waals surface area contributed by atoms with Crippen LogP contribution in [0.1, 0.15) is 14.3 Å². The van der Waals surface area contributed by atoms with Crippen molar-refractivity contribution in [1.82, 2.24) is 0 Å². The molecule has 0 aromatic rings. The summed E-state index contributed by atoms with van der Waals surface area (Å²) in [7, 11) is -3.98. The van der Waals surface area contributed by atoms with E-state index in [0.717, 1.165) is 0 Å². The average Bonchev–Trinajstić information content (AvgIpc) is 1.84. The van der Waals surface area contributed by atoms with E-state index in [1.54, 1.807) is 0 Å². The molecule has 72 valence electrons. The van der Waals surface area contributed by atoms with Gasteiger partial charge in [0.2, 0.25) is 0 Å². The van der Waals surface area contributed by atoms with Crippen molar-refractivity contribution in [3.05, 3.63) is 12.2 Å². The van der Waals surface area contributed by atoms with Crippen LogP contribution in [0.5, 0.6) is 0 Å². The summed E-state index contributed by atoms with van der Waals surface area (Å²) >= 11 is 0. The van der Waals surface area contributed by atoms with Gasteiger partial charge in [-0.2, -0.15) is 8.42 Å². The number of rotatable bonds is 5. The summed E-state index contributed by atoms with van der Waals surface area (Å²) in [6.07, 6.45) is 0.138. The molecule has 2 N–H and O–H groups in total. The summed E-state index contributed by atoms with van der Waals surface area (Å²) in [5, 5.41) is 8.30. The van der Waals surface area contributed by atoms with Crippen LogP contribution < -0.4 is 29.6 Å². The Morgan fingerprint density at radius 1 is 1.46 bits per heavy atom. The van der Waals surface area contributed by atoms with Gasteiger partial charge in [0.1, 0.15) is 0 Å². The largest absolute Gasteiger partial charge is 1.00 e. The smallest absolute Gasteiger partial charge is 1.00 e. The molecular weight excluding hydrogens is 207 g/mol. The van der Waals surface area contributed by atoms with Gasteiger partial charge in [-0.3, -0.25) is 4.55 Å². The SMILES string of the molecule is C=C(CCCS(=O)(=O)O)C(=O)O.[H-].[Na+]. The first-order chi connectivity index (χ1) is 5.33. The molecule has 0 aromatic heterocycles. The number of aliphatic carboxylic acids is 1. The van der Waals surface area contributed by atoms with E-state index in [4.69, 9.17) is 9.66 Å². The van der Waals surface area contributed by atoms with Gasteiger partial charge in [0.05, 0.1) is 5.75 Å². The molecule has 0 aliphatic rings. The molecular formula is C6H11NaO5S. The Morgan fingerprint density at radius 2 is 1.92 bits per heavy atom. The van der Waals surface area contributed by atoms with Crippen molar-refractivity contribution in [3.63, 3.8) is 0 Å². The van der Waals surface area contributed by atoms with E-state index < -0.39 is 21.8 Å². The van der Waals surface area contributed by atoms with Crippen LogP contribution in [0.4, 0.5) is 0 Å². The molecule has 7 heteroatoms. The van der Waals surface area contributed by atoms with Gasteiger partial charge in [0.15, 0.2) is 0 Å². The molecule has 0 unspecified atom stereocenters. The maximum atomic E-state index is 10.2. The van der Waals surface area contributed by atoms with Gasteiger partial charge in [-0.25, -0.2) is 4.79 Å². The zero-order valence-electron chi connectivity index (χ0n) is 8.36. The van der Waals surface area contributed by atoms with Crippen LogP contribution in [-0.4, -0.2) is 29.8 Å². The average molecular weight is 218 g/mol. The van der Waals surface area contributed by atoms with Crippen LogP contribution in [0.2, 0.25) is 0 Å². The molecule has 0 aliphatic carbocycles. The van der Waals surface area contributed by atoms with Crippen LogP contribution in [0, 0.1) is 0 Å². The summed E-state index contributed by atoms with van der Waals surface area (Å²) in [5.74, 6) is -1.58. The number of carboxylic acids is 1. The first-order valence-corrected chi connectivity index (χ1v) is 4.80. The zero-order valence-corrected chi connectivity index (χ0v) is 10.2. The quantitative estimate of drug-likeness (QED) is 0.300. The van der Waals surface area contributed by atoms with Gasteiger partial charge in [-0.15, -0.1) is 0 Å². The third kappa shape index (κ3) is 10.0. The number of hydrogen-bond acceptors (Lipinski definition) is 3. The van der Waals surface area contributed by atoms with Crippen molar-refractivity contribution in [3.8, 4) is 0 Å². The normalized spacial score (nSPS) is 10.2. The van der Waals surface area contributed by atoms with Crippen LogP contribution in [-0.2, 0) is 14.9 Å². The predicted octanol–water partition coefficient (Wildman–Crippen LogP) is -2.59. The Labute approximate surface area is 100 Å². The van der Waals surface area contributed by atoms with E-state index in [2.05, 4.69) is 6.58 Å². The van der Waals surface area contributed by atoms with E-state index in [1.807, 2.05) is 0 Å². The van der Waals surface area contributed by atoms with Crippen molar-refractivity contribution in [2.45, 2.75) is 12.8 Å². The van der Waals surface area contributed by atoms with Crippen LogP contribution in [0.3, 0.4) is 0 Å². The monoisotopic (exact) mass is 218 g/mol. The second-order valence-electron chi connectivity index (χ2n) is 2.30. The van der Waals surface area contributed by atoms with Crippen molar-refractivity contribution >= 4 is 16.1 Å². The Balaban J connectivity index is -0.000000605. The maximum absolute atomic E-state index is 10.2. The molecule has 0 rings (SSSR count). The van der Waals surface area contributed by atoms with Crippen molar-refractivity contribution in [2.24, 2.45) is 0 Å². The molecule has 13 heavy (non-hydrogen) atoms. The Bertz CT molecular complexity index is 287. The van der Waals surface area contributed by atoms with E-state index >= 15 is 0 Å². The fourth-order valence-corrected chi connectivity index (χ4v) is 1.08. The molecule has 0 saturated carbocycles. The predicted molar refractivity (Wildman–Crippen MR) is 43.5 cm³/mol. The van der Waals surface area contributed by atoms with E-state index in [-0.39, 0.29) is 49.4 Å². The molecule has 0 spiro atoms.